The number of para-hydroxylation sites is 1. The number of carbonyl (C=O) groups excluding carboxylic acids is 1. The Morgan fingerprint density at radius 2 is 1.79 bits per heavy atom. The van der Waals surface area contributed by atoms with E-state index in [0.29, 0.717) is 29.2 Å². The number of aromatic amines is 1. The van der Waals surface area contributed by atoms with Gasteiger partial charge in [-0.05, 0) is 68.0 Å². The summed E-state index contributed by atoms with van der Waals surface area (Å²) in [4.78, 5) is 21.7. The maximum absolute atomic E-state index is 12.3. The molecule has 2 heterocycles. The average Bonchev–Trinajstić information content (AvgIpc) is 3.77. The van der Waals surface area contributed by atoms with Crippen LogP contribution in [0.15, 0.2) is 54.6 Å². The molecule has 1 amide bonds. The monoisotopic (exact) mass is 439 g/mol. The molecule has 0 radical (unpaired) electrons. The molecule has 2 fully saturated rings. The van der Waals surface area contributed by atoms with E-state index < -0.39 is 0 Å². The molecule has 0 saturated heterocycles. The molecule has 2 saturated carbocycles. The third kappa shape index (κ3) is 4.50. The number of hydrogen-bond acceptors (Lipinski definition) is 6. The molecule has 0 aliphatic heterocycles. The van der Waals surface area contributed by atoms with Gasteiger partial charge >= 0.3 is 0 Å². The highest BCUT2D eigenvalue weighted by Gasteiger charge is 2.25. The van der Waals surface area contributed by atoms with E-state index in [0.717, 1.165) is 34.6 Å². The predicted molar refractivity (Wildman–Crippen MR) is 128 cm³/mol. The third-order valence-corrected chi connectivity index (χ3v) is 6.12. The normalized spacial score (nSPS) is 15.4. The van der Waals surface area contributed by atoms with Gasteiger partial charge in [-0.2, -0.15) is 10.1 Å². The van der Waals surface area contributed by atoms with E-state index >= 15 is 0 Å². The molecule has 2 aliphatic carbocycles. The summed E-state index contributed by atoms with van der Waals surface area (Å²) in [6.07, 6.45) is 4.86. The van der Waals surface area contributed by atoms with Gasteiger partial charge in [0.1, 0.15) is 5.82 Å². The third-order valence-electron chi connectivity index (χ3n) is 6.12. The number of nitrogens with one attached hydrogen (secondary N) is 4. The fourth-order valence-electron chi connectivity index (χ4n) is 3.85. The quantitative estimate of drug-likeness (QED) is 0.312. The van der Waals surface area contributed by atoms with Crippen molar-refractivity contribution in [1.29, 1.82) is 0 Å². The molecule has 2 aliphatic rings. The molecule has 0 atom stereocenters. The zero-order chi connectivity index (χ0) is 22.2. The van der Waals surface area contributed by atoms with Gasteiger partial charge in [0.05, 0.1) is 5.52 Å². The summed E-state index contributed by atoms with van der Waals surface area (Å²) in [5.41, 5.74) is 3.45. The smallest absolute Gasteiger partial charge is 0.251 e. The second kappa shape index (κ2) is 8.20. The number of nitrogens with zero attached hydrogens (tertiary/aromatic N) is 3. The van der Waals surface area contributed by atoms with Crippen LogP contribution in [0.5, 0.6) is 0 Å². The van der Waals surface area contributed by atoms with Crippen LogP contribution in [0.25, 0.3) is 10.9 Å². The molecule has 8 heteroatoms. The van der Waals surface area contributed by atoms with E-state index in [1.165, 1.54) is 25.7 Å². The van der Waals surface area contributed by atoms with Gasteiger partial charge in [0.2, 0.25) is 5.95 Å². The van der Waals surface area contributed by atoms with Gasteiger partial charge in [-0.15, -0.1) is 0 Å². The Morgan fingerprint density at radius 3 is 2.58 bits per heavy atom. The number of carbonyl (C=O) groups is 1. The maximum Gasteiger partial charge on any atom is 0.251 e. The van der Waals surface area contributed by atoms with Crippen molar-refractivity contribution in [1.82, 2.24) is 25.5 Å². The minimum atomic E-state index is -0.0357. The molecular weight excluding hydrogens is 414 g/mol. The minimum Gasteiger partial charge on any atom is -0.352 e. The molecule has 2 aromatic heterocycles. The van der Waals surface area contributed by atoms with Crippen LogP contribution in [0.1, 0.15) is 47.7 Å². The summed E-state index contributed by atoms with van der Waals surface area (Å²) in [7, 11) is 0. The first-order valence-corrected chi connectivity index (χ1v) is 11.5. The minimum absolute atomic E-state index is 0.0357. The summed E-state index contributed by atoms with van der Waals surface area (Å²) < 4.78 is 0. The highest BCUT2D eigenvalue weighted by molar-refractivity contribution is 5.95. The SMILES string of the molecule is O=C(NCC1CC1)c1ccc(Nc2nc(Nc3cc(C4CC4)[nH]n3)c3ccccc3n2)cc1. The lowest BCUT2D eigenvalue weighted by atomic mass is 10.2. The van der Waals surface area contributed by atoms with Crippen LogP contribution in [-0.2, 0) is 0 Å². The van der Waals surface area contributed by atoms with E-state index in [9.17, 15) is 4.79 Å². The molecule has 0 bridgehead atoms. The van der Waals surface area contributed by atoms with E-state index in [1.54, 1.807) is 0 Å². The molecule has 166 valence electrons. The van der Waals surface area contributed by atoms with Gasteiger partial charge in [-0.3, -0.25) is 9.89 Å². The first-order chi connectivity index (χ1) is 16.2. The van der Waals surface area contributed by atoms with E-state index in [-0.39, 0.29) is 5.91 Å². The summed E-state index contributed by atoms with van der Waals surface area (Å²) in [5, 5.41) is 18.0. The van der Waals surface area contributed by atoms with Crippen LogP contribution in [0.4, 0.5) is 23.3 Å². The number of hydrogen-bond donors (Lipinski definition) is 4. The standard InChI is InChI=1S/C25H25N7O/c33-24(26-14-15-5-6-15)17-9-11-18(12-10-17)27-25-28-20-4-2-1-3-19(20)23(30-25)29-22-13-21(31-32-22)16-7-8-16/h1-4,9-13,15-16H,5-8,14H2,(H,26,33)(H3,27,28,29,30,31,32). The lowest BCUT2D eigenvalue weighted by Crippen LogP contribution is -2.25. The van der Waals surface area contributed by atoms with Crippen LogP contribution in [0.2, 0.25) is 0 Å². The number of amides is 1. The first kappa shape index (κ1) is 19.7. The number of H-pyrrole nitrogens is 1. The fourth-order valence-corrected chi connectivity index (χ4v) is 3.85. The molecular formula is C25H25N7O. The Bertz CT molecular complexity index is 1310. The van der Waals surface area contributed by atoms with Crippen molar-refractivity contribution >= 4 is 40.1 Å². The van der Waals surface area contributed by atoms with Crippen molar-refractivity contribution in [3.05, 3.63) is 65.9 Å². The van der Waals surface area contributed by atoms with Gasteiger partial charge < -0.3 is 16.0 Å². The van der Waals surface area contributed by atoms with Gasteiger partial charge in [0.25, 0.3) is 5.91 Å². The van der Waals surface area contributed by atoms with E-state index in [4.69, 9.17) is 4.98 Å². The van der Waals surface area contributed by atoms with Gasteiger partial charge in [0, 0.05) is 40.9 Å². The molecule has 0 spiro atoms. The highest BCUT2D eigenvalue weighted by Crippen LogP contribution is 2.40. The molecule has 33 heavy (non-hydrogen) atoms. The Morgan fingerprint density at radius 1 is 0.970 bits per heavy atom. The van der Waals surface area contributed by atoms with Crippen LogP contribution in [0.3, 0.4) is 0 Å². The number of benzene rings is 2. The fraction of sp³-hybridized carbons (Fsp3) is 0.280. The average molecular weight is 440 g/mol. The second-order valence-corrected chi connectivity index (χ2v) is 8.88. The van der Waals surface area contributed by atoms with Gasteiger partial charge in [0.15, 0.2) is 5.82 Å². The lowest BCUT2D eigenvalue weighted by molar-refractivity contribution is 0.0952. The number of fused-ring (bicyclic) bond motifs is 1. The van der Waals surface area contributed by atoms with Crippen LogP contribution < -0.4 is 16.0 Å². The number of rotatable bonds is 8. The first-order valence-electron chi connectivity index (χ1n) is 11.5. The van der Waals surface area contributed by atoms with Crippen molar-refractivity contribution in [2.75, 3.05) is 17.2 Å². The Labute approximate surface area is 191 Å². The molecule has 8 nitrogen and oxygen atoms in total. The summed E-state index contributed by atoms with van der Waals surface area (Å²) in [5.74, 6) is 3.13. The van der Waals surface area contributed by atoms with Crippen molar-refractivity contribution in [2.24, 2.45) is 5.92 Å². The molecule has 4 N–H and O–H groups in total. The highest BCUT2D eigenvalue weighted by atomic mass is 16.1. The van der Waals surface area contributed by atoms with E-state index in [1.807, 2.05) is 48.5 Å². The Kier molecular flexibility index (Phi) is 4.90. The van der Waals surface area contributed by atoms with Crippen molar-refractivity contribution < 1.29 is 4.79 Å². The summed E-state index contributed by atoms with van der Waals surface area (Å²) in [6, 6.07) is 17.3. The zero-order valence-electron chi connectivity index (χ0n) is 18.1. The summed E-state index contributed by atoms with van der Waals surface area (Å²) >= 11 is 0. The predicted octanol–water partition coefficient (Wildman–Crippen LogP) is 4.86. The topological polar surface area (TPSA) is 108 Å². The Balaban J connectivity index is 1.22. The van der Waals surface area contributed by atoms with Crippen molar-refractivity contribution in [3.63, 3.8) is 0 Å². The maximum atomic E-state index is 12.3. The van der Waals surface area contributed by atoms with Crippen LogP contribution >= 0.6 is 0 Å². The molecule has 6 rings (SSSR count). The van der Waals surface area contributed by atoms with Crippen molar-refractivity contribution in [2.45, 2.75) is 31.6 Å². The molecule has 0 unspecified atom stereocenters. The summed E-state index contributed by atoms with van der Waals surface area (Å²) in [6.45, 7) is 0.762. The van der Waals surface area contributed by atoms with Gasteiger partial charge in [-0.25, -0.2) is 4.98 Å². The number of aromatic nitrogens is 4. The lowest BCUT2D eigenvalue weighted by Gasteiger charge is -2.11. The number of anilines is 4. The second-order valence-electron chi connectivity index (χ2n) is 8.88. The molecule has 2 aromatic carbocycles. The van der Waals surface area contributed by atoms with Gasteiger partial charge in [-0.1, -0.05) is 12.1 Å². The zero-order valence-corrected chi connectivity index (χ0v) is 18.1. The molecule has 4 aromatic rings. The largest absolute Gasteiger partial charge is 0.352 e. The van der Waals surface area contributed by atoms with Crippen LogP contribution in [-0.4, -0.2) is 32.6 Å². The van der Waals surface area contributed by atoms with E-state index in [2.05, 4.69) is 37.2 Å². The van der Waals surface area contributed by atoms with Crippen molar-refractivity contribution in [3.8, 4) is 0 Å². The van der Waals surface area contributed by atoms with Crippen LogP contribution in [0, 0.1) is 5.92 Å². The Hall–Kier alpha value is -3.94.